The number of benzene rings is 2. The van der Waals surface area contributed by atoms with Crippen LogP contribution in [-0.4, -0.2) is 12.6 Å². The summed E-state index contributed by atoms with van der Waals surface area (Å²) < 4.78 is 10.6. The molecule has 24 heavy (non-hydrogen) atoms. The predicted octanol–water partition coefficient (Wildman–Crippen LogP) is 4.97. The van der Waals surface area contributed by atoms with Gasteiger partial charge in [-0.05, 0) is 47.7 Å². The summed E-state index contributed by atoms with van der Waals surface area (Å²) in [6.45, 7) is 6.22. The van der Waals surface area contributed by atoms with Crippen LogP contribution in [0, 0.1) is 6.07 Å². The summed E-state index contributed by atoms with van der Waals surface area (Å²) in [7, 11) is 0. The van der Waals surface area contributed by atoms with Crippen LogP contribution in [0.1, 0.15) is 25.3 Å². The van der Waals surface area contributed by atoms with Crippen LogP contribution in [0.15, 0.2) is 61.2 Å². The highest BCUT2D eigenvalue weighted by atomic mass is 16.5. The molecule has 2 aromatic carbocycles. The van der Waals surface area contributed by atoms with E-state index in [1.165, 1.54) is 0 Å². The first-order valence-corrected chi connectivity index (χ1v) is 7.85. The molecule has 2 aromatic rings. The summed E-state index contributed by atoms with van der Waals surface area (Å²) in [4.78, 5) is 15.4. The summed E-state index contributed by atoms with van der Waals surface area (Å²) in [6.07, 6.45) is 3.28. The molecule has 2 rings (SSSR count). The van der Waals surface area contributed by atoms with Gasteiger partial charge in [0.05, 0.1) is 6.61 Å². The van der Waals surface area contributed by atoms with Gasteiger partial charge in [-0.3, -0.25) is 0 Å². The van der Waals surface area contributed by atoms with Gasteiger partial charge in [0.2, 0.25) is 0 Å². The zero-order valence-electron chi connectivity index (χ0n) is 13.7. The third kappa shape index (κ3) is 5.62. The number of carbonyl (C=O) groups is 1. The summed E-state index contributed by atoms with van der Waals surface area (Å²) >= 11 is 0. The van der Waals surface area contributed by atoms with Crippen LogP contribution < -0.4 is 9.47 Å². The van der Waals surface area contributed by atoms with E-state index >= 15 is 0 Å². The molecule has 4 heteroatoms. The first kappa shape index (κ1) is 17.3. The van der Waals surface area contributed by atoms with Gasteiger partial charge in [0, 0.05) is 18.2 Å². The van der Waals surface area contributed by atoms with E-state index in [2.05, 4.69) is 24.4 Å². The molecule has 122 valence electrons. The molecule has 0 saturated heterocycles. The van der Waals surface area contributed by atoms with Gasteiger partial charge < -0.3 is 9.47 Å². The predicted molar refractivity (Wildman–Crippen MR) is 95.1 cm³/mol. The fraction of sp³-hybridized carbons (Fsp3) is 0.200. The van der Waals surface area contributed by atoms with E-state index in [1.54, 1.807) is 24.3 Å². The summed E-state index contributed by atoms with van der Waals surface area (Å²) in [5.41, 5.74) is 1.58. The molecule has 0 N–H and O–H groups in total. The molecule has 0 bridgehead atoms. The third-order valence-electron chi connectivity index (χ3n) is 3.16. The van der Waals surface area contributed by atoms with E-state index in [-0.39, 0.29) is 0 Å². The molecular formula is C20H20NO3+. The lowest BCUT2D eigenvalue weighted by Crippen LogP contribution is -2.02. The Balaban J connectivity index is 1.96. The maximum absolute atomic E-state index is 11.1. The Labute approximate surface area is 142 Å². The number of ether oxygens (including phenoxy) is 2. The van der Waals surface area contributed by atoms with Gasteiger partial charge >= 0.3 is 17.7 Å². The highest BCUT2D eigenvalue weighted by Gasteiger charge is 2.04. The molecule has 0 aliphatic heterocycles. The molecule has 0 spiro atoms. The van der Waals surface area contributed by atoms with Crippen molar-refractivity contribution in [3.63, 3.8) is 0 Å². The Hall–Kier alpha value is -3.06. The topological polar surface area (TPSA) is 39.9 Å². The lowest BCUT2D eigenvalue weighted by Gasteiger charge is -2.02. The standard InChI is InChI=1S/C20H20NO3/c1-3-5-14-23-18-12-8-17(9-13-18)21-15-16-6-10-19(11-7-16)24-20(22)4-2/h4,6-13H,2-3,5,14H2,1H3/q+1. The van der Waals surface area contributed by atoms with Crippen molar-refractivity contribution in [3.05, 3.63) is 71.6 Å². The molecule has 0 aliphatic rings. The number of esters is 1. The monoisotopic (exact) mass is 322 g/mol. The van der Waals surface area contributed by atoms with Crippen molar-refractivity contribution in [2.75, 3.05) is 6.61 Å². The molecule has 4 nitrogen and oxygen atoms in total. The summed E-state index contributed by atoms with van der Waals surface area (Å²) in [5, 5.41) is 0. The average Bonchev–Trinajstić information content (AvgIpc) is 2.62. The zero-order valence-corrected chi connectivity index (χ0v) is 13.7. The lowest BCUT2D eigenvalue weighted by molar-refractivity contribution is -0.128. The molecule has 0 fully saturated rings. The van der Waals surface area contributed by atoms with Gasteiger partial charge in [0.1, 0.15) is 17.1 Å². The fourth-order valence-corrected chi connectivity index (χ4v) is 1.84. The van der Waals surface area contributed by atoms with Crippen molar-refractivity contribution in [1.82, 2.24) is 0 Å². The number of rotatable bonds is 6. The molecule has 0 saturated carbocycles. The molecule has 0 radical (unpaired) electrons. The van der Waals surface area contributed by atoms with Crippen LogP contribution in [0.3, 0.4) is 0 Å². The highest BCUT2D eigenvalue weighted by molar-refractivity contribution is 5.83. The minimum absolute atomic E-state index is 0.457. The van der Waals surface area contributed by atoms with Crippen LogP contribution in [0.4, 0.5) is 5.69 Å². The van der Waals surface area contributed by atoms with E-state index < -0.39 is 5.97 Å². The van der Waals surface area contributed by atoms with Gasteiger partial charge in [-0.1, -0.05) is 19.9 Å². The number of hydrogen-bond donors (Lipinski definition) is 0. The van der Waals surface area contributed by atoms with E-state index in [0.717, 1.165) is 42.5 Å². The van der Waals surface area contributed by atoms with Gasteiger partial charge in [-0.2, -0.15) is 0 Å². The fourth-order valence-electron chi connectivity index (χ4n) is 1.84. The second-order valence-corrected chi connectivity index (χ2v) is 5.07. The molecule has 0 heterocycles. The van der Waals surface area contributed by atoms with E-state index in [4.69, 9.17) is 9.47 Å². The Morgan fingerprint density at radius 1 is 1.12 bits per heavy atom. The summed E-state index contributed by atoms with van der Waals surface area (Å²) in [6, 6.07) is 17.4. The lowest BCUT2D eigenvalue weighted by atomic mass is 10.2. The molecule has 0 unspecified atom stereocenters. The van der Waals surface area contributed by atoms with Crippen LogP contribution >= 0.6 is 0 Å². The quantitative estimate of drug-likeness (QED) is 0.326. The van der Waals surface area contributed by atoms with Gasteiger partial charge in [-0.25, -0.2) is 4.79 Å². The van der Waals surface area contributed by atoms with Crippen molar-refractivity contribution in [2.45, 2.75) is 19.8 Å². The maximum atomic E-state index is 11.1. The minimum atomic E-state index is -0.485. The van der Waals surface area contributed by atoms with Crippen LogP contribution in [0.5, 0.6) is 11.5 Å². The Morgan fingerprint density at radius 2 is 1.79 bits per heavy atom. The number of nitrogens with zero attached hydrogens (tertiary/aromatic N) is 1. The number of unbranched alkanes of at least 4 members (excludes halogenated alkanes) is 1. The molecule has 0 atom stereocenters. The number of hydrogen-bond acceptors (Lipinski definition) is 3. The van der Waals surface area contributed by atoms with E-state index in [1.807, 2.05) is 24.3 Å². The van der Waals surface area contributed by atoms with Crippen LogP contribution in [0.2, 0.25) is 0 Å². The second-order valence-electron chi connectivity index (χ2n) is 5.07. The van der Waals surface area contributed by atoms with Gasteiger partial charge in [0.25, 0.3) is 0 Å². The Bertz CT molecular complexity index is 737. The SMILES string of the molecule is C=CC(=O)Oc1ccc(C#[N+]c2ccc(OCCCC)cc2)cc1. The Morgan fingerprint density at radius 3 is 2.42 bits per heavy atom. The van der Waals surface area contributed by atoms with Crippen molar-refractivity contribution in [2.24, 2.45) is 0 Å². The third-order valence-corrected chi connectivity index (χ3v) is 3.16. The molecule has 0 aromatic heterocycles. The highest BCUT2D eigenvalue weighted by Crippen LogP contribution is 2.19. The van der Waals surface area contributed by atoms with Crippen molar-refractivity contribution in [1.29, 1.82) is 0 Å². The first-order chi connectivity index (χ1) is 11.7. The molecule has 0 aliphatic carbocycles. The van der Waals surface area contributed by atoms with Gasteiger partial charge in [0.15, 0.2) is 0 Å². The van der Waals surface area contributed by atoms with Crippen molar-refractivity contribution >= 4 is 11.7 Å². The zero-order chi connectivity index (χ0) is 17.2. The normalized spacial score (nSPS) is 9.54. The van der Waals surface area contributed by atoms with Gasteiger partial charge in [-0.15, -0.1) is 0 Å². The summed E-state index contributed by atoms with van der Waals surface area (Å²) in [5.74, 6) is 0.816. The average molecular weight is 322 g/mol. The molecular weight excluding hydrogens is 302 g/mol. The van der Waals surface area contributed by atoms with Crippen molar-refractivity contribution in [3.8, 4) is 17.6 Å². The van der Waals surface area contributed by atoms with Crippen molar-refractivity contribution < 1.29 is 14.3 Å². The van der Waals surface area contributed by atoms with Crippen LogP contribution in [-0.2, 0) is 4.79 Å². The Kier molecular flexibility index (Phi) is 6.60. The van der Waals surface area contributed by atoms with Crippen LogP contribution in [0.25, 0.3) is 4.85 Å². The number of carbonyl (C=O) groups excluding carboxylic acids is 1. The minimum Gasteiger partial charge on any atom is -0.494 e. The second kappa shape index (κ2) is 9.16. The first-order valence-electron chi connectivity index (χ1n) is 7.85. The maximum Gasteiger partial charge on any atom is 0.340 e. The largest absolute Gasteiger partial charge is 0.494 e. The van der Waals surface area contributed by atoms with E-state index in [0.29, 0.717) is 5.75 Å². The smallest absolute Gasteiger partial charge is 0.340 e. The molecule has 0 amide bonds. The van der Waals surface area contributed by atoms with E-state index in [9.17, 15) is 4.79 Å².